The Morgan fingerprint density at radius 2 is 2.00 bits per heavy atom. The first-order valence-corrected chi connectivity index (χ1v) is 4.43. The van der Waals surface area contributed by atoms with Gasteiger partial charge in [-0.2, -0.15) is 0 Å². The first kappa shape index (κ1) is 9.96. The Bertz CT molecular complexity index is 90.7. The second-order valence-corrected chi connectivity index (χ2v) is 3.14. The van der Waals surface area contributed by atoms with Crippen molar-refractivity contribution >= 4 is 0 Å². The summed E-state index contributed by atoms with van der Waals surface area (Å²) in [6, 6.07) is 0. The van der Waals surface area contributed by atoms with Crippen LogP contribution in [0.2, 0.25) is 0 Å². The Morgan fingerprint density at radius 1 is 1.50 bits per heavy atom. The molecule has 2 atom stereocenters. The molecule has 1 fully saturated rings. The number of hydrogen-bond donors (Lipinski definition) is 1. The van der Waals surface area contributed by atoms with E-state index in [0.717, 1.165) is 12.5 Å². The van der Waals surface area contributed by atoms with E-state index in [1.165, 1.54) is 12.8 Å². The molecule has 10 heavy (non-hydrogen) atoms. The molecule has 0 bridgehead atoms. The quantitative estimate of drug-likeness (QED) is 0.631. The van der Waals surface area contributed by atoms with Gasteiger partial charge < -0.3 is 5.73 Å². The molecule has 1 aliphatic carbocycles. The molecule has 0 aromatic carbocycles. The minimum Gasteiger partial charge on any atom is -0.330 e. The zero-order chi connectivity index (χ0) is 8.20. The van der Waals surface area contributed by atoms with E-state index in [4.69, 9.17) is 5.73 Å². The van der Waals surface area contributed by atoms with Crippen LogP contribution in [0, 0.1) is 11.3 Å². The van der Waals surface area contributed by atoms with Crippen LogP contribution in [0.1, 0.15) is 40.5 Å². The third kappa shape index (κ3) is 1.98. The molecule has 0 heterocycles. The van der Waals surface area contributed by atoms with Gasteiger partial charge in [-0.15, -0.1) is 0 Å². The molecule has 2 N–H and O–H groups in total. The van der Waals surface area contributed by atoms with E-state index in [2.05, 4.69) is 13.8 Å². The van der Waals surface area contributed by atoms with Gasteiger partial charge in [0.15, 0.2) is 0 Å². The van der Waals surface area contributed by atoms with Gasteiger partial charge in [-0.3, -0.25) is 0 Å². The molecule has 0 spiro atoms. The second-order valence-electron chi connectivity index (χ2n) is 3.14. The third-order valence-electron chi connectivity index (χ3n) is 2.63. The van der Waals surface area contributed by atoms with E-state index >= 15 is 0 Å². The molecule has 0 aromatic rings. The zero-order valence-corrected chi connectivity index (χ0v) is 7.78. The maximum absolute atomic E-state index is 5.48. The van der Waals surface area contributed by atoms with Crippen LogP contribution in [0.15, 0.2) is 0 Å². The largest absolute Gasteiger partial charge is 0.330 e. The Kier molecular flexibility index (Phi) is 3.95. The standard InChI is InChI=1S/C7H15N.C2H6/c1-3-7(2)4-6(7)5-8;1-2/h6H,3-5,8H2,1-2H3;1-2H3. The van der Waals surface area contributed by atoms with Crippen molar-refractivity contribution in [3.05, 3.63) is 0 Å². The van der Waals surface area contributed by atoms with E-state index in [1.807, 2.05) is 13.8 Å². The van der Waals surface area contributed by atoms with Gasteiger partial charge in [0.2, 0.25) is 0 Å². The zero-order valence-electron chi connectivity index (χ0n) is 7.78. The van der Waals surface area contributed by atoms with E-state index in [1.54, 1.807) is 0 Å². The van der Waals surface area contributed by atoms with Crippen molar-refractivity contribution in [2.24, 2.45) is 17.1 Å². The van der Waals surface area contributed by atoms with Gasteiger partial charge in [0.1, 0.15) is 0 Å². The summed E-state index contributed by atoms with van der Waals surface area (Å²) in [5.74, 6) is 0.840. The summed E-state index contributed by atoms with van der Waals surface area (Å²) in [4.78, 5) is 0. The minimum absolute atomic E-state index is 0.634. The van der Waals surface area contributed by atoms with Gasteiger partial charge in [0.25, 0.3) is 0 Å². The van der Waals surface area contributed by atoms with Crippen molar-refractivity contribution in [2.75, 3.05) is 6.54 Å². The summed E-state index contributed by atoms with van der Waals surface area (Å²) in [5.41, 5.74) is 6.12. The fourth-order valence-corrected chi connectivity index (χ4v) is 1.30. The summed E-state index contributed by atoms with van der Waals surface area (Å²) in [6.07, 6.45) is 2.66. The van der Waals surface area contributed by atoms with Crippen LogP contribution >= 0.6 is 0 Å². The van der Waals surface area contributed by atoms with E-state index in [0.29, 0.717) is 5.41 Å². The molecular formula is C9H21N. The minimum atomic E-state index is 0.634. The highest BCUT2D eigenvalue weighted by atomic mass is 14.7. The fraction of sp³-hybridized carbons (Fsp3) is 1.00. The molecule has 0 saturated heterocycles. The van der Waals surface area contributed by atoms with Crippen molar-refractivity contribution in [2.45, 2.75) is 40.5 Å². The summed E-state index contributed by atoms with van der Waals surface area (Å²) >= 11 is 0. The fourth-order valence-electron chi connectivity index (χ4n) is 1.30. The first-order chi connectivity index (χ1) is 4.73. The normalized spacial score (nSPS) is 36.3. The molecular weight excluding hydrogens is 122 g/mol. The molecule has 0 aromatic heterocycles. The lowest BCUT2D eigenvalue weighted by Crippen LogP contribution is -2.06. The second kappa shape index (κ2) is 3.97. The highest BCUT2D eigenvalue weighted by Crippen LogP contribution is 2.53. The molecule has 2 unspecified atom stereocenters. The Morgan fingerprint density at radius 3 is 2.10 bits per heavy atom. The van der Waals surface area contributed by atoms with Crippen LogP contribution in [0.5, 0.6) is 0 Å². The highest BCUT2D eigenvalue weighted by molar-refractivity contribution is 4.97. The van der Waals surface area contributed by atoms with Crippen molar-refractivity contribution in [3.8, 4) is 0 Å². The average molecular weight is 143 g/mol. The Hall–Kier alpha value is -0.0400. The Labute approximate surface area is 65.0 Å². The molecule has 1 heteroatoms. The maximum Gasteiger partial charge on any atom is -0.00435 e. The van der Waals surface area contributed by atoms with Gasteiger partial charge in [-0.25, -0.2) is 0 Å². The van der Waals surface area contributed by atoms with Crippen LogP contribution in [0.25, 0.3) is 0 Å². The molecule has 1 nitrogen and oxygen atoms in total. The van der Waals surface area contributed by atoms with E-state index in [9.17, 15) is 0 Å². The Balaban J connectivity index is 0.000000371. The molecule has 62 valence electrons. The van der Waals surface area contributed by atoms with E-state index < -0.39 is 0 Å². The summed E-state index contributed by atoms with van der Waals surface area (Å²) in [6.45, 7) is 9.46. The summed E-state index contributed by atoms with van der Waals surface area (Å²) < 4.78 is 0. The lowest BCUT2D eigenvalue weighted by atomic mass is 10.0. The molecule has 1 rings (SSSR count). The third-order valence-corrected chi connectivity index (χ3v) is 2.63. The number of rotatable bonds is 2. The molecule has 0 amide bonds. The van der Waals surface area contributed by atoms with Gasteiger partial charge in [-0.05, 0) is 24.3 Å². The van der Waals surface area contributed by atoms with Crippen LogP contribution in [0.4, 0.5) is 0 Å². The molecule has 1 saturated carbocycles. The lowest BCUT2D eigenvalue weighted by molar-refractivity contribution is 0.489. The van der Waals surface area contributed by atoms with Crippen molar-refractivity contribution in [1.82, 2.24) is 0 Å². The summed E-state index contributed by atoms with van der Waals surface area (Å²) in [5, 5.41) is 0. The topological polar surface area (TPSA) is 26.0 Å². The monoisotopic (exact) mass is 143 g/mol. The van der Waals surface area contributed by atoms with Crippen molar-refractivity contribution in [1.29, 1.82) is 0 Å². The molecule has 0 radical (unpaired) electrons. The van der Waals surface area contributed by atoms with Crippen LogP contribution < -0.4 is 5.73 Å². The van der Waals surface area contributed by atoms with Crippen LogP contribution in [-0.2, 0) is 0 Å². The van der Waals surface area contributed by atoms with Gasteiger partial charge in [-0.1, -0.05) is 34.1 Å². The predicted molar refractivity (Wildman–Crippen MR) is 46.9 cm³/mol. The average Bonchev–Trinajstić information content (AvgIpc) is 2.67. The predicted octanol–water partition coefficient (Wildman–Crippen LogP) is 2.41. The molecule has 1 aliphatic rings. The van der Waals surface area contributed by atoms with Gasteiger partial charge in [0, 0.05) is 0 Å². The lowest BCUT2D eigenvalue weighted by Gasteiger charge is -2.03. The van der Waals surface area contributed by atoms with Crippen LogP contribution in [-0.4, -0.2) is 6.54 Å². The van der Waals surface area contributed by atoms with Crippen molar-refractivity contribution < 1.29 is 0 Å². The summed E-state index contributed by atoms with van der Waals surface area (Å²) in [7, 11) is 0. The smallest absolute Gasteiger partial charge is 0.00435 e. The van der Waals surface area contributed by atoms with Crippen LogP contribution in [0.3, 0.4) is 0 Å². The number of hydrogen-bond acceptors (Lipinski definition) is 1. The highest BCUT2D eigenvalue weighted by Gasteiger charge is 2.46. The molecule has 0 aliphatic heterocycles. The first-order valence-electron chi connectivity index (χ1n) is 4.43. The van der Waals surface area contributed by atoms with Crippen molar-refractivity contribution in [3.63, 3.8) is 0 Å². The number of nitrogens with two attached hydrogens (primary N) is 1. The van der Waals surface area contributed by atoms with E-state index in [-0.39, 0.29) is 0 Å². The van der Waals surface area contributed by atoms with Gasteiger partial charge >= 0.3 is 0 Å². The SMILES string of the molecule is CC.CCC1(C)CC1CN. The maximum atomic E-state index is 5.48. The van der Waals surface area contributed by atoms with Gasteiger partial charge in [0.05, 0.1) is 0 Å².